The van der Waals surface area contributed by atoms with Crippen molar-refractivity contribution in [3.63, 3.8) is 0 Å². The third-order valence-corrected chi connectivity index (χ3v) is 4.99. The van der Waals surface area contributed by atoms with Crippen molar-refractivity contribution in [2.24, 2.45) is 5.92 Å². The Morgan fingerprint density at radius 3 is 3.04 bits per heavy atom. The molecule has 8 heteroatoms. The molecule has 0 aliphatic carbocycles. The molecule has 3 heterocycles. The lowest BCUT2D eigenvalue weighted by Crippen LogP contribution is -2.55. The quantitative estimate of drug-likeness (QED) is 0.858. The van der Waals surface area contributed by atoms with Crippen LogP contribution < -0.4 is 4.90 Å². The van der Waals surface area contributed by atoms with E-state index in [0.717, 1.165) is 23.3 Å². The van der Waals surface area contributed by atoms with Crippen LogP contribution in [0.25, 0.3) is 11.0 Å². The summed E-state index contributed by atoms with van der Waals surface area (Å²) in [6.45, 7) is 3.63. The maximum atomic E-state index is 12.5. The predicted octanol–water partition coefficient (Wildman–Crippen LogP) is 1.68. The number of nitrogens with one attached hydrogen (secondary N) is 1. The van der Waals surface area contributed by atoms with Gasteiger partial charge in [0.25, 0.3) is 0 Å². The Bertz CT molecular complexity index is 796. The van der Waals surface area contributed by atoms with Crippen molar-refractivity contribution in [3.8, 4) is 6.07 Å². The second-order valence-electron chi connectivity index (χ2n) is 6.62. The van der Waals surface area contributed by atoms with Gasteiger partial charge in [0, 0.05) is 33.4 Å². The lowest BCUT2D eigenvalue weighted by Gasteiger charge is -2.42. The van der Waals surface area contributed by atoms with Gasteiger partial charge in [0.1, 0.15) is 24.3 Å². The number of carbonyl (C=O) groups is 1. The van der Waals surface area contributed by atoms with E-state index in [9.17, 15) is 4.79 Å². The molecule has 25 heavy (non-hydrogen) atoms. The largest absolute Gasteiger partial charge is 0.354 e. The fraction of sp³-hybridized carbons (Fsp3) is 0.529. The second-order valence-corrected chi connectivity index (χ2v) is 6.62. The van der Waals surface area contributed by atoms with Crippen LogP contribution in [0.3, 0.4) is 0 Å². The number of piperidine rings is 1. The molecule has 2 aromatic heterocycles. The monoisotopic (exact) mass is 341 g/mol. The van der Waals surface area contributed by atoms with E-state index in [1.54, 1.807) is 13.4 Å². The highest BCUT2D eigenvalue weighted by Crippen LogP contribution is 2.28. The molecule has 1 saturated heterocycles. The fourth-order valence-corrected chi connectivity index (χ4v) is 3.44. The van der Waals surface area contributed by atoms with Gasteiger partial charge in [-0.15, -0.1) is 0 Å². The number of anilines is 1. The molecule has 0 bridgehead atoms. The van der Waals surface area contributed by atoms with Crippen LogP contribution in [-0.4, -0.2) is 70.6 Å². The molecule has 132 valence electrons. The Labute approximate surface area is 147 Å². The molecule has 0 spiro atoms. The summed E-state index contributed by atoms with van der Waals surface area (Å²) in [6.07, 6.45) is 4.33. The Morgan fingerprint density at radius 1 is 1.48 bits per heavy atom. The molecule has 8 nitrogen and oxygen atoms in total. The van der Waals surface area contributed by atoms with Crippen LogP contribution in [-0.2, 0) is 0 Å². The number of rotatable bonds is 3. The first-order valence-corrected chi connectivity index (χ1v) is 8.40. The highest BCUT2D eigenvalue weighted by molar-refractivity contribution is 5.87. The summed E-state index contributed by atoms with van der Waals surface area (Å²) >= 11 is 0. The lowest BCUT2D eigenvalue weighted by atomic mass is 9.92. The van der Waals surface area contributed by atoms with Crippen LogP contribution in [0, 0.1) is 17.2 Å². The standard InChI is InChI=1S/C17H23N7O/c1-12-5-8-24(17(25)22(2)9-6-18)10-14(12)23(3)16-13-4-7-19-15(13)20-11-21-16/h4,7,11-12,14H,5,8-10H2,1-3H3,(H,19,20,21). The average Bonchev–Trinajstić information content (AvgIpc) is 3.10. The van der Waals surface area contributed by atoms with Gasteiger partial charge in [-0.3, -0.25) is 0 Å². The van der Waals surface area contributed by atoms with Crippen molar-refractivity contribution in [1.29, 1.82) is 5.26 Å². The summed E-state index contributed by atoms with van der Waals surface area (Å²) in [5.41, 5.74) is 0.807. The van der Waals surface area contributed by atoms with Gasteiger partial charge in [0.05, 0.1) is 17.5 Å². The summed E-state index contributed by atoms with van der Waals surface area (Å²) in [6, 6.07) is 4.05. The summed E-state index contributed by atoms with van der Waals surface area (Å²) in [5.74, 6) is 1.29. The number of likely N-dealkylation sites (tertiary alicyclic amines) is 1. The average molecular weight is 341 g/mol. The molecule has 0 aromatic carbocycles. The summed E-state index contributed by atoms with van der Waals surface area (Å²) in [4.78, 5) is 29.8. The van der Waals surface area contributed by atoms with Crippen molar-refractivity contribution in [2.75, 3.05) is 38.6 Å². The maximum absolute atomic E-state index is 12.5. The zero-order valence-electron chi connectivity index (χ0n) is 14.8. The topological polar surface area (TPSA) is 92.2 Å². The molecule has 0 saturated carbocycles. The van der Waals surface area contributed by atoms with E-state index in [2.05, 4.69) is 26.8 Å². The third-order valence-electron chi connectivity index (χ3n) is 4.99. The molecular weight excluding hydrogens is 318 g/mol. The SMILES string of the molecule is CC1CCN(C(=O)N(C)CC#N)CC1N(C)c1ncnc2[nH]ccc12. The zero-order chi connectivity index (χ0) is 18.0. The van der Waals surface area contributed by atoms with Crippen LogP contribution in [0.1, 0.15) is 13.3 Å². The number of aromatic amines is 1. The van der Waals surface area contributed by atoms with Gasteiger partial charge in [-0.1, -0.05) is 6.92 Å². The first-order chi connectivity index (χ1) is 12.0. The van der Waals surface area contributed by atoms with E-state index in [4.69, 9.17) is 5.26 Å². The van der Waals surface area contributed by atoms with E-state index in [-0.39, 0.29) is 18.6 Å². The predicted molar refractivity (Wildman–Crippen MR) is 95.1 cm³/mol. The van der Waals surface area contributed by atoms with Crippen molar-refractivity contribution in [1.82, 2.24) is 24.8 Å². The number of urea groups is 1. The Hall–Kier alpha value is -2.82. The minimum Gasteiger partial charge on any atom is -0.354 e. The van der Waals surface area contributed by atoms with Gasteiger partial charge in [-0.05, 0) is 18.4 Å². The number of hydrogen-bond donors (Lipinski definition) is 1. The molecule has 1 aliphatic rings. The van der Waals surface area contributed by atoms with Crippen molar-refractivity contribution < 1.29 is 4.79 Å². The Morgan fingerprint density at radius 2 is 2.28 bits per heavy atom. The highest BCUT2D eigenvalue weighted by Gasteiger charge is 2.33. The third kappa shape index (κ3) is 3.22. The minimum absolute atomic E-state index is 0.0960. The Balaban J connectivity index is 1.81. The number of nitriles is 1. The van der Waals surface area contributed by atoms with E-state index in [1.807, 2.05) is 30.3 Å². The second kappa shape index (κ2) is 6.97. The number of likely N-dealkylation sites (N-methyl/N-ethyl adjacent to an activating group) is 1. The molecule has 1 N–H and O–H groups in total. The summed E-state index contributed by atoms with van der Waals surface area (Å²) in [5, 5.41) is 9.78. The molecular formula is C17H23N7O. The number of carbonyl (C=O) groups excluding carboxylic acids is 1. The van der Waals surface area contributed by atoms with Gasteiger partial charge in [-0.2, -0.15) is 5.26 Å². The summed E-state index contributed by atoms with van der Waals surface area (Å²) in [7, 11) is 3.68. The molecule has 1 aliphatic heterocycles. The number of fused-ring (bicyclic) bond motifs is 1. The first kappa shape index (κ1) is 17.0. The van der Waals surface area contributed by atoms with Gasteiger partial charge in [0.2, 0.25) is 0 Å². The molecule has 2 unspecified atom stereocenters. The number of nitrogens with zero attached hydrogens (tertiary/aromatic N) is 6. The van der Waals surface area contributed by atoms with E-state index < -0.39 is 0 Å². The van der Waals surface area contributed by atoms with Gasteiger partial charge < -0.3 is 19.7 Å². The lowest BCUT2D eigenvalue weighted by molar-refractivity contribution is 0.137. The molecule has 2 atom stereocenters. The van der Waals surface area contributed by atoms with Crippen molar-refractivity contribution in [3.05, 3.63) is 18.6 Å². The van der Waals surface area contributed by atoms with Crippen LogP contribution >= 0.6 is 0 Å². The molecule has 2 amide bonds. The highest BCUT2D eigenvalue weighted by atomic mass is 16.2. The minimum atomic E-state index is -0.0960. The molecule has 0 radical (unpaired) electrons. The van der Waals surface area contributed by atoms with Gasteiger partial charge in [-0.25, -0.2) is 14.8 Å². The number of amides is 2. The van der Waals surface area contributed by atoms with E-state index in [0.29, 0.717) is 19.0 Å². The normalized spacial score (nSPS) is 20.3. The van der Waals surface area contributed by atoms with Crippen LogP contribution in [0.2, 0.25) is 0 Å². The smallest absolute Gasteiger partial charge is 0.320 e. The molecule has 2 aromatic rings. The van der Waals surface area contributed by atoms with E-state index >= 15 is 0 Å². The maximum Gasteiger partial charge on any atom is 0.320 e. The van der Waals surface area contributed by atoms with Crippen LogP contribution in [0.15, 0.2) is 18.6 Å². The number of hydrogen-bond acceptors (Lipinski definition) is 5. The molecule has 3 rings (SSSR count). The van der Waals surface area contributed by atoms with Gasteiger partial charge >= 0.3 is 6.03 Å². The summed E-state index contributed by atoms with van der Waals surface area (Å²) < 4.78 is 0. The molecule has 1 fully saturated rings. The number of aromatic nitrogens is 3. The first-order valence-electron chi connectivity index (χ1n) is 8.40. The zero-order valence-corrected chi connectivity index (χ0v) is 14.8. The fourth-order valence-electron chi connectivity index (χ4n) is 3.44. The number of H-pyrrole nitrogens is 1. The van der Waals surface area contributed by atoms with Crippen molar-refractivity contribution >= 4 is 22.9 Å². The Kier molecular flexibility index (Phi) is 4.74. The van der Waals surface area contributed by atoms with E-state index in [1.165, 1.54) is 4.90 Å². The van der Waals surface area contributed by atoms with Crippen molar-refractivity contribution in [2.45, 2.75) is 19.4 Å². The van der Waals surface area contributed by atoms with Crippen LogP contribution in [0.4, 0.5) is 10.6 Å². The van der Waals surface area contributed by atoms with Crippen LogP contribution in [0.5, 0.6) is 0 Å². The van der Waals surface area contributed by atoms with Gasteiger partial charge in [0.15, 0.2) is 0 Å².